The highest BCUT2D eigenvalue weighted by Gasteiger charge is 2.48. The summed E-state index contributed by atoms with van der Waals surface area (Å²) in [7, 11) is 0. The van der Waals surface area contributed by atoms with Crippen LogP contribution in [0.5, 0.6) is 0 Å². The number of nitrogens with zero attached hydrogens (tertiary/aromatic N) is 1. The van der Waals surface area contributed by atoms with Crippen molar-refractivity contribution in [1.29, 1.82) is 0 Å². The molecule has 21 heavy (non-hydrogen) atoms. The van der Waals surface area contributed by atoms with Gasteiger partial charge < -0.3 is 10.1 Å². The van der Waals surface area contributed by atoms with Crippen LogP contribution in [0, 0.1) is 5.41 Å². The summed E-state index contributed by atoms with van der Waals surface area (Å²) in [5.41, 5.74) is 1.55. The average Bonchev–Trinajstić information content (AvgIpc) is 2.50. The van der Waals surface area contributed by atoms with Gasteiger partial charge in [0.1, 0.15) is 0 Å². The molecule has 0 aliphatic heterocycles. The van der Waals surface area contributed by atoms with E-state index >= 15 is 0 Å². The normalized spacial score (nSPS) is 24.0. The third kappa shape index (κ3) is 2.68. The molecule has 3 nitrogen and oxygen atoms in total. The maximum Gasteiger partial charge on any atom is 0.0655 e. The molecule has 3 rings (SSSR count). The van der Waals surface area contributed by atoms with Crippen LogP contribution in [0.3, 0.4) is 0 Å². The minimum atomic E-state index is 0.210. The molecule has 0 amide bonds. The molecule has 1 aliphatic rings. The molecule has 112 valence electrons. The zero-order valence-corrected chi connectivity index (χ0v) is 13.1. The summed E-state index contributed by atoms with van der Waals surface area (Å²) in [6.07, 6.45) is 5.28. The number of benzene rings is 1. The van der Waals surface area contributed by atoms with E-state index in [-0.39, 0.29) is 5.41 Å². The van der Waals surface area contributed by atoms with Crippen molar-refractivity contribution >= 4 is 10.8 Å². The van der Waals surface area contributed by atoms with E-state index in [4.69, 9.17) is 4.74 Å². The Kier molecular flexibility index (Phi) is 3.96. The first-order valence-corrected chi connectivity index (χ1v) is 7.79. The van der Waals surface area contributed by atoms with Gasteiger partial charge in [-0.25, -0.2) is 0 Å². The highest BCUT2D eigenvalue weighted by Crippen LogP contribution is 2.42. The van der Waals surface area contributed by atoms with Crippen molar-refractivity contribution in [2.45, 2.75) is 45.9 Å². The first-order chi connectivity index (χ1) is 10.1. The maximum atomic E-state index is 5.80. The fraction of sp³-hybridized carbons (Fsp3) is 0.500. The van der Waals surface area contributed by atoms with Gasteiger partial charge in [0.05, 0.1) is 6.10 Å². The van der Waals surface area contributed by atoms with Gasteiger partial charge in [-0.1, -0.05) is 32.0 Å². The second kappa shape index (κ2) is 5.74. The number of pyridine rings is 1. The van der Waals surface area contributed by atoms with Gasteiger partial charge in [-0.05, 0) is 30.4 Å². The Morgan fingerprint density at radius 3 is 2.95 bits per heavy atom. The molecular formula is C18H24N2O. The quantitative estimate of drug-likeness (QED) is 0.912. The monoisotopic (exact) mass is 284 g/mol. The molecule has 1 saturated carbocycles. The van der Waals surface area contributed by atoms with Crippen molar-refractivity contribution in [3.8, 4) is 0 Å². The molecule has 1 heterocycles. The van der Waals surface area contributed by atoms with Gasteiger partial charge in [0.25, 0.3) is 0 Å². The molecule has 1 N–H and O–H groups in total. The smallest absolute Gasteiger partial charge is 0.0655 e. The Morgan fingerprint density at radius 2 is 2.19 bits per heavy atom. The number of ether oxygens (including phenoxy) is 1. The highest BCUT2D eigenvalue weighted by molar-refractivity contribution is 5.84. The van der Waals surface area contributed by atoms with E-state index in [0.717, 1.165) is 19.6 Å². The summed E-state index contributed by atoms with van der Waals surface area (Å²) in [6, 6.07) is 9.04. The Bertz CT molecular complexity index is 618. The summed E-state index contributed by atoms with van der Waals surface area (Å²) in [4.78, 5) is 4.19. The first-order valence-electron chi connectivity index (χ1n) is 7.79. The van der Waals surface area contributed by atoms with Gasteiger partial charge in [0.2, 0.25) is 0 Å². The molecule has 1 aromatic heterocycles. The lowest BCUT2D eigenvalue weighted by atomic mass is 9.64. The minimum absolute atomic E-state index is 0.210. The van der Waals surface area contributed by atoms with Gasteiger partial charge >= 0.3 is 0 Å². The average molecular weight is 284 g/mol. The lowest BCUT2D eigenvalue weighted by molar-refractivity contribution is -0.114. The zero-order chi connectivity index (χ0) is 14.9. The van der Waals surface area contributed by atoms with Crippen LogP contribution in [0.2, 0.25) is 0 Å². The van der Waals surface area contributed by atoms with Gasteiger partial charge in [-0.15, -0.1) is 0 Å². The number of rotatable bonds is 5. The number of hydrogen-bond acceptors (Lipinski definition) is 3. The van der Waals surface area contributed by atoms with Crippen LogP contribution in [0.15, 0.2) is 36.7 Å². The van der Waals surface area contributed by atoms with Crippen LogP contribution in [-0.2, 0) is 11.3 Å². The van der Waals surface area contributed by atoms with Gasteiger partial charge in [0, 0.05) is 42.4 Å². The number of nitrogens with one attached hydrogen (secondary N) is 1. The van der Waals surface area contributed by atoms with Crippen molar-refractivity contribution < 1.29 is 4.74 Å². The van der Waals surface area contributed by atoms with Crippen LogP contribution >= 0.6 is 0 Å². The molecule has 2 atom stereocenters. The summed E-state index contributed by atoms with van der Waals surface area (Å²) in [5.74, 6) is 0. The fourth-order valence-electron chi connectivity index (χ4n) is 3.29. The summed E-state index contributed by atoms with van der Waals surface area (Å²) >= 11 is 0. The minimum Gasteiger partial charge on any atom is -0.378 e. The first kappa shape index (κ1) is 14.5. The standard InChI is InChI=1S/C18H24N2O/c1-4-21-17-10-16(18(17,2)3)20-12-14-7-5-6-13-11-19-9-8-15(13)14/h5-9,11,16-17,20H,4,10,12H2,1-3H3. The summed E-state index contributed by atoms with van der Waals surface area (Å²) in [5, 5.41) is 6.20. The highest BCUT2D eigenvalue weighted by atomic mass is 16.5. The molecule has 2 aromatic rings. The summed E-state index contributed by atoms with van der Waals surface area (Å²) in [6.45, 7) is 8.36. The van der Waals surface area contributed by atoms with Crippen molar-refractivity contribution in [2.75, 3.05) is 6.61 Å². The van der Waals surface area contributed by atoms with Crippen LogP contribution in [0.4, 0.5) is 0 Å². The summed E-state index contributed by atoms with van der Waals surface area (Å²) < 4.78 is 5.80. The lowest BCUT2D eigenvalue weighted by Crippen LogP contribution is -2.60. The van der Waals surface area contributed by atoms with E-state index < -0.39 is 0 Å². The second-order valence-corrected chi connectivity index (χ2v) is 6.45. The van der Waals surface area contributed by atoms with Crippen LogP contribution in [0.1, 0.15) is 32.8 Å². The Labute approximate surface area is 126 Å². The third-order valence-electron chi connectivity index (χ3n) is 4.86. The Balaban J connectivity index is 1.68. The molecule has 1 aromatic carbocycles. The molecule has 2 unspecified atom stereocenters. The van der Waals surface area contributed by atoms with E-state index in [0.29, 0.717) is 12.1 Å². The molecule has 0 saturated heterocycles. The number of hydrogen-bond donors (Lipinski definition) is 1. The molecule has 0 bridgehead atoms. The van der Waals surface area contributed by atoms with Gasteiger partial charge in [-0.2, -0.15) is 0 Å². The zero-order valence-electron chi connectivity index (χ0n) is 13.1. The van der Waals surface area contributed by atoms with Crippen molar-refractivity contribution in [3.63, 3.8) is 0 Å². The van der Waals surface area contributed by atoms with Crippen LogP contribution in [-0.4, -0.2) is 23.7 Å². The van der Waals surface area contributed by atoms with Crippen molar-refractivity contribution in [2.24, 2.45) is 5.41 Å². The maximum absolute atomic E-state index is 5.80. The second-order valence-electron chi connectivity index (χ2n) is 6.45. The number of aromatic nitrogens is 1. The molecule has 1 aliphatic carbocycles. The topological polar surface area (TPSA) is 34.1 Å². The molecule has 0 radical (unpaired) electrons. The molecule has 1 fully saturated rings. The van der Waals surface area contributed by atoms with E-state index in [1.165, 1.54) is 16.3 Å². The van der Waals surface area contributed by atoms with E-state index in [2.05, 4.69) is 55.3 Å². The van der Waals surface area contributed by atoms with E-state index in [1.807, 2.05) is 12.4 Å². The lowest BCUT2D eigenvalue weighted by Gasteiger charge is -2.52. The van der Waals surface area contributed by atoms with E-state index in [1.54, 1.807) is 0 Å². The number of fused-ring (bicyclic) bond motifs is 1. The third-order valence-corrected chi connectivity index (χ3v) is 4.86. The van der Waals surface area contributed by atoms with Crippen LogP contribution in [0.25, 0.3) is 10.8 Å². The van der Waals surface area contributed by atoms with Gasteiger partial charge in [-0.3, -0.25) is 4.98 Å². The van der Waals surface area contributed by atoms with Gasteiger partial charge in [0.15, 0.2) is 0 Å². The Morgan fingerprint density at radius 1 is 1.33 bits per heavy atom. The Hall–Kier alpha value is -1.45. The fourth-order valence-corrected chi connectivity index (χ4v) is 3.29. The molecule has 0 spiro atoms. The molecule has 3 heteroatoms. The molecular weight excluding hydrogens is 260 g/mol. The van der Waals surface area contributed by atoms with Crippen molar-refractivity contribution in [3.05, 3.63) is 42.2 Å². The van der Waals surface area contributed by atoms with E-state index in [9.17, 15) is 0 Å². The predicted octanol–water partition coefficient (Wildman–Crippen LogP) is 3.53. The SMILES string of the molecule is CCOC1CC(NCc2cccc3cnccc23)C1(C)C. The largest absolute Gasteiger partial charge is 0.378 e. The van der Waals surface area contributed by atoms with Crippen LogP contribution < -0.4 is 5.32 Å². The predicted molar refractivity (Wildman–Crippen MR) is 86.2 cm³/mol. The van der Waals surface area contributed by atoms with Crippen molar-refractivity contribution in [1.82, 2.24) is 10.3 Å².